The zero-order valence-electron chi connectivity index (χ0n) is 9.08. The van der Waals surface area contributed by atoms with Gasteiger partial charge in [0.25, 0.3) is 0 Å². The van der Waals surface area contributed by atoms with Crippen molar-refractivity contribution in [3.05, 3.63) is 64.4 Å². The molecule has 0 fully saturated rings. The molecule has 0 aliphatic heterocycles. The molecule has 0 saturated carbocycles. The fourth-order valence-electron chi connectivity index (χ4n) is 1.43. The van der Waals surface area contributed by atoms with Crippen molar-refractivity contribution in [3.8, 4) is 0 Å². The van der Waals surface area contributed by atoms with Gasteiger partial charge in [0.05, 0.1) is 0 Å². The van der Waals surface area contributed by atoms with Crippen LogP contribution in [0, 0.1) is 5.82 Å². The van der Waals surface area contributed by atoms with Crippen molar-refractivity contribution >= 4 is 21.6 Å². The lowest BCUT2D eigenvalue weighted by atomic mass is 10.2. The summed E-state index contributed by atoms with van der Waals surface area (Å²) >= 11 is 3.33. The zero-order valence-corrected chi connectivity index (χ0v) is 10.7. The smallest absolute Gasteiger partial charge is 0.124 e. The van der Waals surface area contributed by atoms with Crippen LogP contribution in [0.2, 0.25) is 0 Å². The number of anilines is 1. The largest absolute Gasteiger partial charge is 0.321 e. The van der Waals surface area contributed by atoms with Crippen molar-refractivity contribution in [1.29, 1.82) is 0 Å². The van der Waals surface area contributed by atoms with Crippen LogP contribution in [0.4, 0.5) is 10.1 Å². The summed E-state index contributed by atoms with van der Waals surface area (Å²) in [6, 6.07) is 14.5. The summed E-state index contributed by atoms with van der Waals surface area (Å²) in [7, 11) is 0. The first-order valence-corrected chi connectivity index (χ1v) is 6.03. The van der Waals surface area contributed by atoms with Gasteiger partial charge in [0, 0.05) is 16.7 Å². The van der Waals surface area contributed by atoms with Gasteiger partial charge in [-0.3, -0.25) is 0 Å². The second-order valence-electron chi connectivity index (χ2n) is 3.58. The Morgan fingerprint density at radius 1 is 1.06 bits per heavy atom. The summed E-state index contributed by atoms with van der Waals surface area (Å²) in [5.41, 5.74) is 8.13. The summed E-state index contributed by atoms with van der Waals surface area (Å²) < 4.78 is 13.6. The Hall–Kier alpha value is -1.39. The number of rotatable bonds is 4. The number of para-hydroxylation sites is 1. The van der Waals surface area contributed by atoms with E-state index in [1.165, 1.54) is 12.1 Å². The predicted molar refractivity (Wildman–Crippen MR) is 71.0 cm³/mol. The molecule has 0 aromatic heterocycles. The van der Waals surface area contributed by atoms with E-state index in [2.05, 4.69) is 26.8 Å². The van der Waals surface area contributed by atoms with Crippen LogP contribution in [0.25, 0.3) is 0 Å². The van der Waals surface area contributed by atoms with Crippen molar-refractivity contribution in [2.45, 2.75) is 6.54 Å². The van der Waals surface area contributed by atoms with Crippen LogP contribution in [0.1, 0.15) is 5.56 Å². The molecule has 0 saturated heterocycles. The maximum Gasteiger partial charge on any atom is 0.124 e. The van der Waals surface area contributed by atoms with E-state index in [9.17, 15) is 4.39 Å². The van der Waals surface area contributed by atoms with E-state index in [-0.39, 0.29) is 5.82 Å². The van der Waals surface area contributed by atoms with Crippen LogP contribution in [-0.4, -0.2) is 0 Å². The third-order valence-electron chi connectivity index (χ3n) is 2.30. The highest BCUT2D eigenvalue weighted by Crippen LogP contribution is 2.17. The van der Waals surface area contributed by atoms with Gasteiger partial charge < -0.3 is 5.43 Å². The molecule has 88 valence electrons. The van der Waals surface area contributed by atoms with Crippen molar-refractivity contribution in [2.24, 2.45) is 0 Å². The number of hydrogen-bond donors (Lipinski definition) is 2. The van der Waals surface area contributed by atoms with Crippen molar-refractivity contribution in [3.63, 3.8) is 0 Å². The van der Waals surface area contributed by atoms with Gasteiger partial charge in [-0.25, -0.2) is 9.82 Å². The quantitative estimate of drug-likeness (QED) is 0.840. The fourth-order valence-corrected chi connectivity index (χ4v) is 1.92. The Bertz CT molecular complexity index is 488. The summed E-state index contributed by atoms with van der Waals surface area (Å²) in [5, 5.41) is 0. The monoisotopic (exact) mass is 294 g/mol. The molecular weight excluding hydrogens is 283 g/mol. The molecule has 0 aliphatic carbocycles. The molecule has 2 aromatic carbocycles. The molecular formula is C13H12BrFN2. The first kappa shape index (κ1) is 12.1. The number of halogens is 2. The van der Waals surface area contributed by atoms with Gasteiger partial charge in [-0.2, -0.15) is 0 Å². The zero-order chi connectivity index (χ0) is 12.1. The SMILES string of the molecule is Fc1ccc(CNNc2ccccc2)c(Br)c1. The summed E-state index contributed by atoms with van der Waals surface area (Å²) in [6.45, 7) is 0.607. The molecule has 17 heavy (non-hydrogen) atoms. The Morgan fingerprint density at radius 2 is 1.82 bits per heavy atom. The molecule has 2 aromatic rings. The highest BCUT2D eigenvalue weighted by atomic mass is 79.9. The highest BCUT2D eigenvalue weighted by Gasteiger charge is 2.00. The minimum absolute atomic E-state index is 0.239. The number of benzene rings is 2. The summed E-state index contributed by atoms with van der Waals surface area (Å²) in [5.74, 6) is -0.239. The molecule has 2 rings (SSSR count). The number of hydrogen-bond acceptors (Lipinski definition) is 2. The standard InChI is InChI=1S/C13H12BrFN2/c14-13-8-11(15)7-6-10(13)9-16-17-12-4-2-1-3-5-12/h1-8,16-17H,9H2. The molecule has 2 N–H and O–H groups in total. The average Bonchev–Trinajstić information content (AvgIpc) is 2.33. The van der Waals surface area contributed by atoms with Gasteiger partial charge >= 0.3 is 0 Å². The first-order chi connectivity index (χ1) is 8.25. The van der Waals surface area contributed by atoms with Gasteiger partial charge in [0.1, 0.15) is 5.82 Å². The van der Waals surface area contributed by atoms with E-state index < -0.39 is 0 Å². The molecule has 0 spiro atoms. The maximum atomic E-state index is 12.9. The molecule has 0 aliphatic rings. The Kier molecular flexibility index (Phi) is 4.12. The van der Waals surface area contributed by atoms with Gasteiger partial charge in [-0.05, 0) is 29.8 Å². The number of hydrazine groups is 1. The molecule has 2 nitrogen and oxygen atoms in total. The molecule has 0 atom stereocenters. The van der Waals surface area contributed by atoms with Gasteiger partial charge in [0.2, 0.25) is 0 Å². The van der Waals surface area contributed by atoms with E-state index in [4.69, 9.17) is 0 Å². The minimum atomic E-state index is -0.239. The molecule has 0 bridgehead atoms. The first-order valence-electron chi connectivity index (χ1n) is 5.23. The molecule has 0 unspecified atom stereocenters. The van der Waals surface area contributed by atoms with Gasteiger partial charge in [-0.15, -0.1) is 0 Å². The lowest BCUT2D eigenvalue weighted by Crippen LogP contribution is -2.20. The third kappa shape index (κ3) is 3.54. The lowest BCUT2D eigenvalue weighted by Gasteiger charge is -2.09. The van der Waals surface area contributed by atoms with E-state index >= 15 is 0 Å². The summed E-state index contributed by atoms with van der Waals surface area (Å²) in [6.07, 6.45) is 0. The number of nitrogens with one attached hydrogen (secondary N) is 2. The lowest BCUT2D eigenvalue weighted by molar-refractivity contribution is 0.625. The third-order valence-corrected chi connectivity index (χ3v) is 3.04. The van der Waals surface area contributed by atoms with E-state index in [0.29, 0.717) is 6.54 Å². The van der Waals surface area contributed by atoms with Crippen LogP contribution in [-0.2, 0) is 6.54 Å². The van der Waals surface area contributed by atoms with Gasteiger partial charge in [-0.1, -0.05) is 40.2 Å². The van der Waals surface area contributed by atoms with Crippen LogP contribution >= 0.6 is 15.9 Å². The van der Waals surface area contributed by atoms with E-state index in [1.807, 2.05) is 30.3 Å². The summed E-state index contributed by atoms with van der Waals surface area (Å²) in [4.78, 5) is 0. The maximum absolute atomic E-state index is 12.9. The Morgan fingerprint density at radius 3 is 2.53 bits per heavy atom. The van der Waals surface area contributed by atoms with Crippen LogP contribution in [0.15, 0.2) is 53.0 Å². The fraction of sp³-hybridized carbons (Fsp3) is 0.0769. The van der Waals surface area contributed by atoms with Crippen molar-refractivity contribution in [1.82, 2.24) is 5.43 Å². The molecule has 0 radical (unpaired) electrons. The predicted octanol–water partition coefficient (Wildman–Crippen LogP) is 3.70. The Balaban J connectivity index is 1.90. The van der Waals surface area contributed by atoms with E-state index in [0.717, 1.165) is 15.7 Å². The van der Waals surface area contributed by atoms with Crippen molar-refractivity contribution < 1.29 is 4.39 Å². The normalized spacial score (nSPS) is 10.2. The second kappa shape index (κ2) is 5.80. The van der Waals surface area contributed by atoms with E-state index in [1.54, 1.807) is 6.07 Å². The van der Waals surface area contributed by atoms with Crippen molar-refractivity contribution in [2.75, 3.05) is 5.43 Å². The highest BCUT2D eigenvalue weighted by molar-refractivity contribution is 9.10. The van der Waals surface area contributed by atoms with Gasteiger partial charge in [0.15, 0.2) is 0 Å². The van der Waals surface area contributed by atoms with Crippen LogP contribution in [0.5, 0.6) is 0 Å². The molecule has 4 heteroatoms. The molecule has 0 heterocycles. The Labute approximate surface area is 108 Å². The topological polar surface area (TPSA) is 24.1 Å². The average molecular weight is 295 g/mol. The van der Waals surface area contributed by atoms with Crippen LogP contribution < -0.4 is 10.9 Å². The second-order valence-corrected chi connectivity index (χ2v) is 4.43. The van der Waals surface area contributed by atoms with Crippen LogP contribution in [0.3, 0.4) is 0 Å². The minimum Gasteiger partial charge on any atom is -0.321 e. The molecule has 0 amide bonds.